The molecule has 0 aliphatic carbocycles. The summed E-state index contributed by atoms with van der Waals surface area (Å²) in [4.78, 5) is 22.1. The van der Waals surface area contributed by atoms with Crippen LogP contribution in [-0.4, -0.2) is 47.1 Å². The molecule has 1 fully saturated rings. The summed E-state index contributed by atoms with van der Waals surface area (Å²) >= 11 is 0. The van der Waals surface area contributed by atoms with Gasteiger partial charge in [-0.15, -0.1) is 0 Å². The fourth-order valence-electron chi connectivity index (χ4n) is 3.82. The number of methoxy groups -OCH3 is 1. The van der Waals surface area contributed by atoms with E-state index < -0.39 is 0 Å². The molecule has 0 radical (unpaired) electrons. The molecule has 7 nitrogen and oxygen atoms in total. The molecule has 0 saturated carbocycles. The second-order valence-corrected chi connectivity index (χ2v) is 7.46. The Labute approximate surface area is 176 Å². The Balaban J connectivity index is 1.62. The first-order chi connectivity index (χ1) is 14.7. The number of rotatable bonds is 8. The average molecular weight is 409 g/mol. The summed E-state index contributed by atoms with van der Waals surface area (Å²) in [5, 5.41) is 0. The lowest BCUT2D eigenvalue weighted by atomic mass is 9.97. The van der Waals surface area contributed by atoms with Crippen LogP contribution in [0.4, 0.5) is 0 Å². The molecule has 0 unspecified atom stereocenters. The molecule has 1 aliphatic rings. The minimum absolute atomic E-state index is 0.0574. The average Bonchev–Trinajstić information content (AvgIpc) is 3.18. The smallest absolute Gasteiger partial charge is 0.185 e. The van der Waals surface area contributed by atoms with Crippen molar-refractivity contribution in [3.8, 4) is 5.75 Å². The summed E-state index contributed by atoms with van der Waals surface area (Å²) in [6, 6.07) is 7.34. The maximum atomic E-state index is 12.9. The van der Waals surface area contributed by atoms with Crippen LogP contribution in [0.1, 0.15) is 53.1 Å². The first kappa shape index (κ1) is 20.5. The van der Waals surface area contributed by atoms with E-state index in [1.807, 2.05) is 35.7 Å². The zero-order valence-electron chi connectivity index (χ0n) is 17.5. The number of Topliss-reactive ketones (excluding diaryl/α,β-unsaturated/α-hetero) is 1. The molecule has 0 spiro atoms. The van der Waals surface area contributed by atoms with Crippen LogP contribution in [-0.2, 0) is 22.5 Å². The Morgan fingerprint density at radius 3 is 2.83 bits per heavy atom. The summed E-state index contributed by atoms with van der Waals surface area (Å²) in [6.07, 6.45) is 6.19. The molecule has 3 aromatic rings. The fourth-order valence-corrected chi connectivity index (χ4v) is 3.82. The van der Waals surface area contributed by atoms with E-state index in [4.69, 9.17) is 19.2 Å². The highest BCUT2D eigenvalue weighted by Gasteiger charge is 2.20. The van der Waals surface area contributed by atoms with Crippen LogP contribution in [0.2, 0.25) is 0 Å². The van der Waals surface area contributed by atoms with Crippen LogP contribution in [0.25, 0.3) is 5.65 Å². The third-order valence-electron chi connectivity index (χ3n) is 5.33. The van der Waals surface area contributed by atoms with Gasteiger partial charge in [-0.3, -0.25) is 4.79 Å². The van der Waals surface area contributed by atoms with Crippen LogP contribution in [0, 0.1) is 0 Å². The van der Waals surface area contributed by atoms with Gasteiger partial charge in [0.2, 0.25) is 0 Å². The number of hydrogen-bond acceptors (Lipinski definition) is 6. The van der Waals surface area contributed by atoms with Gasteiger partial charge in [0.25, 0.3) is 0 Å². The normalized spacial score (nSPS) is 14.9. The molecule has 0 N–H and O–H groups in total. The van der Waals surface area contributed by atoms with E-state index >= 15 is 0 Å². The van der Waals surface area contributed by atoms with Gasteiger partial charge in [-0.1, -0.05) is 6.07 Å². The van der Waals surface area contributed by atoms with Gasteiger partial charge in [-0.2, -0.15) is 0 Å². The number of fused-ring (bicyclic) bond motifs is 1. The number of ether oxygens (including phenoxy) is 3. The van der Waals surface area contributed by atoms with Crippen molar-refractivity contribution < 1.29 is 19.0 Å². The lowest BCUT2D eigenvalue weighted by molar-refractivity contribution is 0.0846. The predicted molar refractivity (Wildman–Crippen MR) is 112 cm³/mol. The maximum Gasteiger partial charge on any atom is 0.185 e. The third kappa shape index (κ3) is 4.52. The Morgan fingerprint density at radius 2 is 2.07 bits per heavy atom. The van der Waals surface area contributed by atoms with Crippen molar-refractivity contribution in [2.75, 3.05) is 26.9 Å². The SMILES string of the molecule is CCOc1cc2nc(C3CCOCC3)cn2cc1CC(=O)c1cccc(COC)n1. The number of hydrogen-bond donors (Lipinski definition) is 0. The molecular weight excluding hydrogens is 382 g/mol. The second-order valence-electron chi connectivity index (χ2n) is 7.46. The number of carbonyl (C=O) groups is 1. The molecule has 0 aromatic carbocycles. The summed E-state index contributed by atoms with van der Waals surface area (Å²) in [5.41, 5.74) is 3.89. The van der Waals surface area contributed by atoms with Crippen LogP contribution >= 0.6 is 0 Å². The number of aromatic nitrogens is 3. The maximum absolute atomic E-state index is 12.9. The minimum Gasteiger partial charge on any atom is -0.493 e. The highest BCUT2D eigenvalue weighted by atomic mass is 16.5. The molecule has 30 heavy (non-hydrogen) atoms. The minimum atomic E-state index is -0.0574. The topological polar surface area (TPSA) is 75.0 Å². The highest BCUT2D eigenvalue weighted by Crippen LogP contribution is 2.29. The lowest BCUT2D eigenvalue weighted by Gasteiger charge is -2.19. The molecule has 0 atom stereocenters. The largest absolute Gasteiger partial charge is 0.493 e. The number of nitrogens with zero attached hydrogens (tertiary/aromatic N) is 3. The first-order valence-electron chi connectivity index (χ1n) is 10.4. The van der Waals surface area contributed by atoms with Crippen molar-refractivity contribution in [1.29, 1.82) is 0 Å². The molecule has 7 heteroatoms. The van der Waals surface area contributed by atoms with E-state index in [0.29, 0.717) is 30.6 Å². The van der Waals surface area contributed by atoms with Crippen molar-refractivity contribution >= 4 is 11.4 Å². The Morgan fingerprint density at radius 1 is 1.23 bits per heavy atom. The summed E-state index contributed by atoms with van der Waals surface area (Å²) in [5.74, 6) is 1.04. The number of imidazole rings is 1. The first-order valence-corrected chi connectivity index (χ1v) is 10.4. The molecule has 0 amide bonds. The zero-order valence-corrected chi connectivity index (χ0v) is 17.5. The molecule has 1 saturated heterocycles. The number of carbonyl (C=O) groups excluding carboxylic acids is 1. The van der Waals surface area contributed by atoms with Gasteiger partial charge < -0.3 is 18.6 Å². The van der Waals surface area contributed by atoms with Gasteiger partial charge in [-0.05, 0) is 31.9 Å². The van der Waals surface area contributed by atoms with Gasteiger partial charge in [0.1, 0.15) is 17.1 Å². The van der Waals surface area contributed by atoms with Gasteiger partial charge in [0.05, 0.1) is 24.6 Å². The van der Waals surface area contributed by atoms with Crippen LogP contribution in [0.5, 0.6) is 5.75 Å². The quantitative estimate of drug-likeness (QED) is 0.529. The van der Waals surface area contributed by atoms with Crippen molar-refractivity contribution in [3.05, 3.63) is 59.3 Å². The van der Waals surface area contributed by atoms with Gasteiger partial charge >= 0.3 is 0 Å². The van der Waals surface area contributed by atoms with E-state index in [1.54, 1.807) is 13.2 Å². The number of pyridine rings is 2. The molecule has 0 bridgehead atoms. The van der Waals surface area contributed by atoms with Crippen molar-refractivity contribution in [3.63, 3.8) is 0 Å². The third-order valence-corrected chi connectivity index (χ3v) is 5.33. The molecular formula is C23H27N3O4. The van der Waals surface area contributed by atoms with E-state index in [-0.39, 0.29) is 12.2 Å². The van der Waals surface area contributed by atoms with Crippen molar-refractivity contribution in [2.45, 2.75) is 38.7 Å². The van der Waals surface area contributed by atoms with Gasteiger partial charge in [0, 0.05) is 56.7 Å². The summed E-state index contributed by atoms with van der Waals surface area (Å²) in [6.45, 7) is 4.38. The van der Waals surface area contributed by atoms with Crippen LogP contribution in [0.15, 0.2) is 36.7 Å². The zero-order chi connectivity index (χ0) is 20.9. The Kier molecular flexibility index (Phi) is 6.40. The van der Waals surface area contributed by atoms with E-state index in [2.05, 4.69) is 11.2 Å². The van der Waals surface area contributed by atoms with Crippen LogP contribution in [0.3, 0.4) is 0 Å². The summed E-state index contributed by atoms with van der Waals surface area (Å²) in [7, 11) is 1.61. The van der Waals surface area contributed by atoms with E-state index in [0.717, 1.165) is 48.7 Å². The molecule has 4 heterocycles. The van der Waals surface area contributed by atoms with Crippen molar-refractivity contribution in [2.24, 2.45) is 0 Å². The van der Waals surface area contributed by atoms with E-state index in [1.165, 1.54) is 0 Å². The van der Waals surface area contributed by atoms with Crippen LogP contribution < -0.4 is 4.74 Å². The van der Waals surface area contributed by atoms with Gasteiger partial charge in [0.15, 0.2) is 5.78 Å². The van der Waals surface area contributed by atoms with Gasteiger partial charge in [-0.25, -0.2) is 9.97 Å². The van der Waals surface area contributed by atoms with Crippen molar-refractivity contribution in [1.82, 2.24) is 14.4 Å². The Bertz CT molecular complexity index is 1020. The fraction of sp³-hybridized carbons (Fsp3) is 0.435. The highest BCUT2D eigenvalue weighted by molar-refractivity contribution is 5.96. The van der Waals surface area contributed by atoms with E-state index in [9.17, 15) is 4.79 Å². The Hall–Kier alpha value is -2.77. The number of ketones is 1. The molecule has 1 aliphatic heterocycles. The standard InChI is InChI=1S/C23H27N3O4/c1-3-30-22-12-23-25-20(16-7-9-29-10-8-16)14-26(23)13-17(22)11-21(27)19-6-4-5-18(24-19)15-28-2/h4-6,12-14,16H,3,7-11,15H2,1-2H3. The predicted octanol–water partition coefficient (Wildman–Crippen LogP) is 3.59. The molecule has 3 aromatic heterocycles. The second kappa shape index (κ2) is 9.36. The molecule has 158 valence electrons. The monoisotopic (exact) mass is 409 g/mol. The lowest BCUT2D eigenvalue weighted by Crippen LogP contribution is -2.14. The molecule has 4 rings (SSSR count). The summed E-state index contributed by atoms with van der Waals surface area (Å²) < 4.78 is 18.4.